The third-order valence-corrected chi connectivity index (χ3v) is 6.73. The maximum Gasteiger partial charge on any atom is 0.146 e. The Morgan fingerprint density at radius 3 is 2.62 bits per heavy atom. The van der Waals surface area contributed by atoms with Crippen molar-refractivity contribution in [1.29, 1.82) is 5.26 Å². The fourth-order valence-electron chi connectivity index (χ4n) is 4.83. The second kappa shape index (κ2) is 9.36. The van der Waals surface area contributed by atoms with Crippen LogP contribution < -0.4 is 4.90 Å². The zero-order valence-corrected chi connectivity index (χ0v) is 19.7. The fraction of sp³-hybridized carbons (Fsp3) is 0.321. The van der Waals surface area contributed by atoms with E-state index in [-0.39, 0.29) is 5.82 Å². The fourth-order valence-corrected chi connectivity index (χ4v) is 4.83. The summed E-state index contributed by atoms with van der Waals surface area (Å²) in [6, 6.07) is 15.7. The number of piperazine rings is 1. The van der Waals surface area contributed by atoms with Crippen LogP contribution in [0.5, 0.6) is 0 Å². The average Bonchev–Trinajstić information content (AvgIpc) is 3.20. The molecule has 1 fully saturated rings. The third kappa shape index (κ3) is 4.44. The van der Waals surface area contributed by atoms with E-state index in [2.05, 4.69) is 35.9 Å². The molecule has 0 atom stereocenters. The van der Waals surface area contributed by atoms with E-state index in [4.69, 9.17) is 15.2 Å². The Balaban J connectivity index is 1.45. The van der Waals surface area contributed by atoms with Gasteiger partial charge in [0.2, 0.25) is 0 Å². The SMILES string of the molecule is CC1=CCc2nc(Cc3ccc(N4CCN(C)CC4)c(F)c3)nc(-c3cccc(CC#N)c3)c21. The highest BCUT2D eigenvalue weighted by molar-refractivity contribution is 5.82. The quantitative estimate of drug-likeness (QED) is 0.563. The van der Waals surface area contributed by atoms with Crippen LogP contribution in [0.2, 0.25) is 0 Å². The maximum atomic E-state index is 15.0. The lowest BCUT2D eigenvalue weighted by Gasteiger charge is -2.34. The molecule has 5 nitrogen and oxygen atoms in total. The summed E-state index contributed by atoms with van der Waals surface area (Å²) in [6.07, 6.45) is 3.79. The normalized spacial score (nSPS) is 15.7. The summed E-state index contributed by atoms with van der Waals surface area (Å²) in [6.45, 7) is 5.64. The first kappa shape index (κ1) is 22.2. The topological polar surface area (TPSA) is 56.1 Å². The first-order valence-electron chi connectivity index (χ1n) is 11.8. The molecule has 1 saturated heterocycles. The molecular weight excluding hydrogens is 425 g/mol. The van der Waals surface area contributed by atoms with Crippen molar-refractivity contribution in [2.45, 2.75) is 26.2 Å². The number of anilines is 1. The number of nitriles is 1. The molecule has 3 aromatic rings. The molecule has 2 aliphatic rings. The molecule has 172 valence electrons. The molecule has 2 aromatic carbocycles. The Bertz CT molecular complexity index is 1300. The van der Waals surface area contributed by atoms with E-state index in [1.165, 1.54) is 5.57 Å². The van der Waals surface area contributed by atoms with Crippen molar-refractivity contribution in [2.24, 2.45) is 0 Å². The van der Waals surface area contributed by atoms with Crippen molar-refractivity contribution in [3.05, 3.63) is 82.6 Å². The van der Waals surface area contributed by atoms with Gasteiger partial charge in [0, 0.05) is 50.1 Å². The molecule has 34 heavy (non-hydrogen) atoms. The number of likely N-dealkylation sites (N-methyl/N-ethyl adjacent to an activating group) is 1. The van der Waals surface area contributed by atoms with Crippen LogP contribution in [0.3, 0.4) is 0 Å². The van der Waals surface area contributed by atoms with Crippen molar-refractivity contribution < 1.29 is 4.39 Å². The molecule has 0 spiro atoms. The van der Waals surface area contributed by atoms with Crippen molar-refractivity contribution >= 4 is 11.3 Å². The number of halogens is 1. The van der Waals surface area contributed by atoms with Gasteiger partial charge in [-0.15, -0.1) is 0 Å². The Morgan fingerprint density at radius 1 is 1.03 bits per heavy atom. The van der Waals surface area contributed by atoms with Gasteiger partial charge in [-0.05, 0) is 48.9 Å². The molecule has 1 aliphatic heterocycles. The minimum absolute atomic E-state index is 0.190. The van der Waals surface area contributed by atoms with E-state index < -0.39 is 0 Å². The molecule has 2 heterocycles. The average molecular weight is 454 g/mol. The summed E-state index contributed by atoms with van der Waals surface area (Å²) in [5.74, 6) is 0.499. The highest BCUT2D eigenvalue weighted by Crippen LogP contribution is 2.35. The molecule has 0 N–H and O–H groups in total. The van der Waals surface area contributed by atoms with Gasteiger partial charge in [-0.2, -0.15) is 5.26 Å². The number of nitrogens with zero attached hydrogens (tertiary/aromatic N) is 5. The van der Waals surface area contributed by atoms with Crippen molar-refractivity contribution in [1.82, 2.24) is 14.9 Å². The van der Waals surface area contributed by atoms with Crippen LogP contribution in [0.25, 0.3) is 16.8 Å². The lowest BCUT2D eigenvalue weighted by Crippen LogP contribution is -2.44. The van der Waals surface area contributed by atoms with Crippen LogP contribution in [0.4, 0.5) is 10.1 Å². The molecule has 0 unspecified atom stereocenters. The smallest absolute Gasteiger partial charge is 0.146 e. The van der Waals surface area contributed by atoms with Crippen LogP contribution >= 0.6 is 0 Å². The predicted molar refractivity (Wildman–Crippen MR) is 133 cm³/mol. The standard InChI is InChI=1S/C28H28FN5/c1-19-6-8-24-27(19)28(22-5-3-4-20(16-22)10-11-30)32-26(31-24)18-21-7-9-25(23(29)17-21)34-14-12-33(2)13-15-34/h3-7,9,16-17H,8,10,12-15,18H2,1-2H3. The van der Waals surface area contributed by atoms with Gasteiger partial charge in [-0.3, -0.25) is 0 Å². The molecule has 1 aliphatic carbocycles. The predicted octanol–water partition coefficient (Wildman–Crippen LogP) is 4.65. The van der Waals surface area contributed by atoms with Crippen LogP contribution in [-0.2, 0) is 19.3 Å². The van der Waals surface area contributed by atoms with Crippen LogP contribution in [0, 0.1) is 17.1 Å². The highest BCUT2D eigenvalue weighted by atomic mass is 19.1. The third-order valence-electron chi connectivity index (χ3n) is 6.73. The van der Waals surface area contributed by atoms with Crippen molar-refractivity contribution in [3.63, 3.8) is 0 Å². The zero-order chi connectivity index (χ0) is 23.7. The molecule has 0 radical (unpaired) electrons. The van der Waals surface area contributed by atoms with Crippen LogP contribution in [0.1, 0.15) is 35.1 Å². The lowest BCUT2D eigenvalue weighted by atomic mass is 9.99. The van der Waals surface area contributed by atoms with Gasteiger partial charge >= 0.3 is 0 Å². The van der Waals surface area contributed by atoms with E-state index in [0.717, 1.165) is 66.2 Å². The van der Waals surface area contributed by atoms with Crippen LogP contribution in [0.15, 0.2) is 48.5 Å². The second-order valence-electron chi connectivity index (χ2n) is 9.19. The molecule has 6 heteroatoms. The molecule has 0 bridgehead atoms. The zero-order valence-electron chi connectivity index (χ0n) is 19.7. The van der Waals surface area contributed by atoms with Crippen molar-refractivity contribution in [3.8, 4) is 17.3 Å². The first-order valence-corrected chi connectivity index (χ1v) is 11.8. The molecular formula is C28H28FN5. The summed E-state index contributed by atoms with van der Waals surface area (Å²) in [4.78, 5) is 14.2. The van der Waals surface area contributed by atoms with Gasteiger partial charge in [-0.1, -0.05) is 30.3 Å². The number of aromatic nitrogens is 2. The maximum absolute atomic E-state index is 15.0. The summed E-state index contributed by atoms with van der Waals surface area (Å²) < 4.78 is 15.0. The second-order valence-corrected chi connectivity index (χ2v) is 9.19. The lowest BCUT2D eigenvalue weighted by molar-refractivity contribution is 0.311. The van der Waals surface area contributed by atoms with Gasteiger partial charge in [0.25, 0.3) is 0 Å². The number of rotatable bonds is 5. The highest BCUT2D eigenvalue weighted by Gasteiger charge is 2.22. The van der Waals surface area contributed by atoms with E-state index in [0.29, 0.717) is 24.4 Å². The van der Waals surface area contributed by atoms with E-state index >= 15 is 4.39 Å². The van der Waals surface area contributed by atoms with Gasteiger partial charge in [0.05, 0.1) is 29.6 Å². The number of allylic oxidation sites excluding steroid dienone is 2. The number of hydrogen-bond acceptors (Lipinski definition) is 5. The minimum Gasteiger partial charge on any atom is -0.367 e. The minimum atomic E-state index is -0.190. The molecule has 0 amide bonds. The van der Waals surface area contributed by atoms with Gasteiger partial charge < -0.3 is 9.80 Å². The Kier molecular flexibility index (Phi) is 6.12. The first-order chi connectivity index (χ1) is 16.5. The Morgan fingerprint density at radius 2 is 1.85 bits per heavy atom. The summed E-state index contributed by atoms with van der Waals surface area (Å²) >= 11 is 0. The Labute approximate surface area is 200 Å². The monoisotopic (exact) mass is 453 g/mol. The number of fused-ring (bicyclic) bond motifs is 1. The molecule has 1 aromatic heterocycles. The van der Waals surface area contributed by atoms with Gasteiger partial charge in [-0.25, -0.2) is 14.4 Å². The number of hydrogen-bond donors (Lipinski definition) is 0. The van der Waals surface area contributed by atoms with Gasteiger partial charge in [0.15, 0.2) is 0 Å². The van der Waals surface area contributed by atoms with E-state index in [9.17, 15) is 0 Å². The molecule has 0 saturated carbocycles. The number of benzene rings is 2. The Hall–Kier alpha value is -3.56. The van der Waals surface area contributed by atoms with Crippen molar-refractivity contribution in [2.75, 3.05) is 38.1 Å². The summed E-state index contributed by atoms with van der Waals surface area (Å²) in [5.41, 5.74) is 7.63. The summed E-state index contributed by atoms with van der Waals surface area (Å²) in [5, 5.41) is 9.10. The summed E-state index contributed by atoms with van der Waals surface area (Å²) in [7, 11) is 2.10. The van der Waals surface area contributed by atoms with E-state index in [1.54, 1.807) is 6.07 Å². The van der Waals surface area contributed by atoms with Crippen LogP contribution in [-0.4, -0.2) is 48.1 Å². The van der Waals surface area contributed by atoms with E-state index in [1.807, 2.05) is 36.4 Å². The van der Waals surface area contributed by atoms with Gasteiger partial charge in [0.1, 0.15) is 11.6 Å². The molecule has 5 rings (SSSR count). The largest absolute Gasteiger partial charge is 0.367 e.